The van der Waals surface area contributed by atoms with Crippen LogP contribution in [0.3, 0.4) is 0 Å². The molecule has 6 nitrogen and oxygen atoms in total. The predicted molar refractivity (Wildman–Crippen MR) is 118 cm³/mol. The zero-order chi connectivity index (χ0) is 19.9. The molecule has 148 valence electrons. The van der Waals surface area contributed by atoms with Gasteiger partial charge in [0.1, 0.15) is 5.82 Å². The molecule has 0 bridgehead atoms. The lowest BCUT2D eigenvalue weighted by atomic mass is 10.0. The van der Waals surface area contributed by atoms with Crippen LogP contribution >= 0.6 is 0 Å². The molecular weight excluding hydrogens is 372 g/mol. The second-order valence-electron chi connectivity index (χ2n) is 8.03. The van der Waals surface area contributed by atoms with Crippen LogP contribution < -0.4 is 10.2 Å². The van der Waals surface area contributed by atoms with Gasteiger partial charge in [0.2, 0.25) is 5.95 Å². The highest BCUT2D eigenvalue weighted by Gasteiger charge is 2.24. The Morgan fingerprint density at radius 2 is 1.63 bits per heavy atom. The minimum atomic E-state index is 0.770. The maximum Gasteiger partial charge on any atom is 0.227 e. The molecule has 0 saturated carbocycles. The zero-order valence-corrected chi connectivity index (χ0v) is 16.6. The van der Waals surface area contributed by atoms with Gasteiger partial charge < -0.3 is 10.2 Å². The lowest BCUT2D eigenvalue weighted by Crippen LogP contribution is -2.17. The largest absolute Gasteiger partial charge is 0.340 e. The lowest BCUT2D eigenvalue weighted by molar-refractivity contribution is 0.828. The van der Waals surface area contributed by atoms with Crippen molar-refractivity contribution in [1.29, 1.82) is 0 Å². The highest BCUT2D eigenvalue weighted by molar-refractivity contribution is 5.66. The third-order valence-corrected chi connectivity index (χ3v) is 6.05. The Kier molecular flexibility index (Phi) is 4.01. The molecule has 30 heavy (non-hydrogen) atoms. The molecule has 6 heteroatoms. The molecule has 1 aliphatic heterocycles. The Labute approximate surface area is 175 Å². The smallest absolute Gasteiger partial charge is 0.227 e. The van der Waals surface area contributed by atoms with E-state index in [0.717, 1.165) is 41.7 Å². The van der Waals surface area contributed by atoms with Crippen molar-refractivity contribution in [3.8, 4) is 11.1 Å². The van der Waals surface area contributed by atoms with E-state index in [-0.39, 0.29) is 0 Å². The summed E-state index contributed by atoms with van der Waals surface area (Å²) < 4.78 is 0. The first kappa shape index (κ1) is 17.2. The fourth-order valence-corrected chi connectivity index (χ4v) is 4.50. The van der Waals surface area contributed by atoms with Gasteiger partial charge in [-0.15, -0.1) is 0 Å². The number of nitrogens with zero attached hydrogens (tertiary/aromatic N) is 4. The fourth-order valence-electron chi connectivity index (χ4n) is 4.50. The Hall–Kier alpha value is -3.67. The van der Waals surface area contributed by atoms with E-state index in [1.165, 1.54) is 41.5 Å². The number of hydrogen-bond donors (Lipinski definition) is 2. The number of H-pyrrole nitrogens is 1. The number of benzene rings is 2. The maximum absolute atomic E-state index is 4.77. The molecule has 0 spiro atoms. The van der Waals surface area contributed by atoms with E-state index in [1.54, 1.807) is 0 Å². The van der Waals surface area contributed by atoms with Crippen LogP contribution in [0.15, 0.2) is 61.1 Å². The van der Waals surface area contributed by atoms with Gasteiger partial charge in [0.25, 0.3) is 0 Å². The number of fused-ring (bicyclic) bond motifs is 2. The second-order valence-corrected chi connectivity index (χ2v) is 8.03. The summed E-state index contributed by atoms with van der Waals surface area (Å²) in [5.74, 6) is 1.57. The Balaban J connectivity index is 1.19. The lowest BCUT2D eigenvalue weighted by Gasteiger charge is -2.16. The van der Waals surface area contributed by atoms with Crippen molar-refractivity contribution in [2.24, 2.45) is 0 Å². The summed E-state index contributed by atoms with van der Waals surface area (Å²) in [7, 11) is 0. The summed E-state index contributed by atoms with van der Waals surface area (Å²) in [6.07, 6.45) is 9.27. The SMILES string of the molecule is c1cc(Nc2ccc(-c3cn[nH]c3)cc2)nc(N2Cc3cc4c(cc3C2)CCC4)n1. The molecule has 2 N–H and O–H groups in total. The normalized spacial score (nSPS) is 14.6. The third-order valence-electron chi connectivity index (χ3n) is 6.05. The fraction of sp³-hybridized carbons (Fsp3) is 0.208. The second kappa shape index (κ2) is 6.99. The van der Waals surface area contributed by atoms with Crippen LogP contribution in [0.5, 0.6) is 0 Å². The van der Waals surface area contributed by atoms with Crippen LogP contribution in [-0.2, 0) is 25.9 Å². The Morgan fingerprint density at radius 1 is 0.867 bits per heavy atom. The van der Waals surface area contributed by atoms with Crippen LogP contribution in [0, 0.1) is 0 Å². The van der Waals surface area contributed by atoms with Gasteiger partial charge in [-0.3, -0.25) is 5.10 Å². The van der Waals surface area contributed by atoms with Crippen molar-refractivity contribution in [2.75, 3.05) is 10.2 Å². The van der Waals surface area contributed by atoms with Crippen LogP contribution in [0.2, 0.25) is 0 Å². The highest BCUT2D eigenvalue weighted by Crippen LogP contribution is 2.32. The van der Waals surface area contributed by atoms with E-state index in [9.17, 15) is 0 Å². The summed E-state index contributed by atoms with van der Waals surface area (Å²) in [5, 5.41) is 10.3. The Bertz CT molecular complexity index is 1160. The first-order chi connectivity index (χ1) is 14.8. The van der Waals surface area contributed by atoms with Crippen molar-refractivity contribution < 1.29 is 0 Å². The van der Waals surface area contributed by atoms with Crippen molar-refractivity contribution in [1.82, 2.24) is 20.2 Å². The summed E-state index contributed by atoms with van der Waals surface area (Å²) in [5.41, 5.74) is 9.11. The minimum Gasteiger partial charge on any atom is -0.340 e. The number of nitrogens with one attached hydrogen (secondary N) is 2. The van der Waals surface area contributed by atoms with Gasteiger partial charge >= 0.3 is 0 Å². The van der Waals surface area contributed by atoms with Gasteiger partial charge in [0, 0.05) is 36.7 Å². The van der Waals surface area contributed by atoms with Gasteiger partial charge in [0.05, 0.1) is 6.20 Å². The quantitative estimate of drug-likeness (QED) is 0.529. The summed E-state index contributed by atoms with van der Waals surface area (Å²) in [6, 6.07) is 15.0. The van der Waals surface area contributed by atoms with Gasteiger partial charge in [0.15, 0.2) is 0 Å². The number of anilines is 3. The van der Waals surface area contributed by atoms with E-state index < -0.39 is 0 Å². The average Bonchev–Trinajstić information content (AvgIpc) is 3.53. The van der Waals surface area contributed by atoms with Crippen molar-refractivity contribution in [3.05, 3.63) is 83.3 Å². The highest BCUT2D eigenvalue weighted by atomic mass is 15.3. The summed E-state index contributed by atoms with van der Waals surface area (Å²) >= 11 is 0. The van der Waals surface area contributed by atoms with Gasteiger partial charge in [-0.05, 0) is 65.3 Å². The van der Waals surface area contributed by atoms with Gasteiger partial charge in [-0.2, -0.15) is 10.1 Å². The first-order valence-corrected chi connectivity index (χ1v) is 10.4. The monoisotopic (exact) mass is 394 g/mol. The number of hydrogen-bond acceptors (Lipinski definition) is 5. The van der Waals surface area contributed by atoms with Crippen LogP contribution in [0.25, 0.3) is 11.1 Å². The molecule has 2 aromatic heterocycles. The van der Waals surface area contributed by atoms with E-state index in [2.05, 4.69) is 61.8 Å². The third kappa shape index (κ3) is 3.10. The molecule has 0 unspecified atom stereocenters. The molecular formula is C24H22N6. The first-order valence-electron chi connectivity index (χ1n) is 10.4. The van der Waals surface area contributed by atoms with Crippen molar-refractivity contribution >= 4 is 17.5 Å². The molecule has 4 aromatic rings. The number of aromatic amines is 1. The van der Waals surface area contributed by atoms with Crippen molar-refractivity contribution in [3.63, 3.8) is 0 Å². The molecule has 2 aliphatic rings. The minimum absolute atomic E-state index is 0.770. The molecule has 3 heterocycles. The Morgan fingerprint density at radius 3 is 2.33 bits per heavy atom. The summed E-state index contributed by atoms with van der Waals surface area (Å²) in [4.78, 5) is 11.6. The topological polar surface area (TPSA) is 69.7 Å². The predicted octanol–water partition coefficient (Wildman–Crippen LogP) is 4.62. The van der Waals surface area contributed by atoms with Gasteiger partial charge in [-0.1, -0.05) is 24.3 Å². The van der Waals surface area contributed by atoms with E-state index in [4.69, 9.17) is 4.98 Å². The molecule has 0 saturated heterocycles. The van der Waals surface area contributed by atoms with Crippen LogP contribution in [0.1, 0.15) is 28.7 Å². The molecule has 6 rings (SSSR count). The van der Waals surface area contributed by atoms with Crippen LogP contribution in [-0.4, -0.2) is 20.2 Å². The summed E-state index contributed by atoms with van der Waals surface area (Å²) in [6.45, 7) is 1.76. The molecule has 0 fully saturated rings. The van der Waals surface area contributed by atoms with Crippen LogP contribution in [0.4, 0.5) is 17.5 Å². The molecule has 0 atom stereocenters. The van der Waals surface area contributed by atoms with Gasteiger partial charge in [-0.25, -0.2) is 4.98 Å². The average molecular weight is 394 g/mol. The molecule has 2 aromatic carbocycles. The number of rotatable bonds is 4. The van der Waals surface area contributed by atoms with E-state index >= 15 is 0 Å². The number of aromatic nitrogens is 4. The van der Waals surface area contributed by atoms with E-state index in [0.29, 0.717) is 0 Å². The maximum atomic E-state index is 4.77. The van der Waals surface area contributed by atoms with Crippen molar-refractivity contribution in [2.45, 2.75) is 32.4 Å². The molecule has 0 radical (unpaired) electrons. The zero-order valence-electron chi connectivity index (χ0n) is 16.6. The molecule has 0 amide bonds. The standard InChI is InChI=1S/C24H22N6/c1-2-17-10-19-14-30(15-20(19)11-18(17)3-1)24-25-9-8-23(29-24)28-22-6-4-16(5-7-22)21-12-26-27-13-21/h4-13H,1-3,14-15H2,(H,26,27)(H,25,28,29). The number of aryl methyl sites for hydroxylation is 2. The van der Waals surface area contributed by atoms with E-state index in [1.807, 2.05) is 24.7 Å². The molecule has 1 aliphatic carbocycles.